The Morgan fingerprint density at radius 2 is 1.59 bits per heavy atom. The quantitative estimate of drug-likeness (QED) is 0.751. The van der Waals surface area contributed by atoms with Gasteiger partial charge in [-0.3, -0.25) is 4.79 Å². The fourth-order valence-corrected chi connectivity index (χ4v) is 1.66. The molecule has 2 N–H and O–H groups in total. The zero-order valence-electron chi connectivity index (χ0n) is 11.8. The summed E-state index contributed by atoms with van der Waals surface area (Å²) in [5, 5.41) is 12.9. The lowest BCUT2D eigenvalue weighted by Gasteiger charge is -2.02. The van der Waals surface area contributed by atoms with Crippen LogP contribution in [-0.2, 0) is 0 Å². The van der Waals surface area contributed by atoms with Crippen molar-refractivity contribution < 1.29 is 13.8 Å². The minimum Gasteiger partial charge on any atom is -0.360 e. The molecule has 112 valence electrons. The van der Waals surface area contributed by atoms with Crippen LogP contribution in [-0.4, -0.2) is 26.2 Å². The number of hydrogen-bond donors (Lipinski definition) is 2. The van der Waals surface area contributed by atoms with Gasteiger partial charge in [0.1, 0.15) is 11.5 Å². The van der Waals surface area contributed by atoms with Crippen LogP contribution in [0, 0.1) is 13.8 Å². The standard InChI is InChI=1S/C13H12N6O3/c1-7-3-10(18-21-7)16-12(20)9-5-14-13(15-6-9)17-11-4-8(2)22-19-11/h3-6H,1-2H3,(H,16,18,20)(H,14,15,17,19). The van der Waals surface area contributed by atoms with Gasteiger partial charge in [-0.05, 0) is 13.8 Å². The van der Waals surface area contributed by atoms with E-state index in [-0.39, 0.29) is 5.91 Å². The molecule has 0 aromatic carbocycles. The van der Waals surface area contributed by atoms with Crippen LogP contribution in [0.5, 0.6) is 0 Å². The van der Waals surface area contributed by atoms with Gasteiger partial charge in [-0.1, -0.05) is 10.3 Å². The number of aryl methyl sites for hydroxylation is 2. The molecule has 0 saturated carbocycles. The first-order valence-corrected chi connectivity index (χ1v) is 6.37. The average molecular weight is 300 g/mol. The molecule has 0 spiro atoms. The molecule has 0 atom stereocenters. The van der Waals surface area contributed by atoms with E-state index in [1.807, 2.05) is 0 Å². The fraction of sp³-hybridized carbons (Fsp3) is 0.154. The number of amides is 1. The summed E-state index contributed by atoms with van der Waals surface area (Å²) in [5.41, 5.74) is 0.294. The molecule has 0 aliphatic heterocycles. The molecule has 0 aliphatic carbocycles. The van der Waals surface area contributed by atoms with Gasteiger partial charge in [-0.2, -0.15) is 0 Å². The molecule has 1 amide bonds. The van der Waals surface area contributed by atoms with Gasteiger partial charge in [0, 0.05) is 24.5 Å². The summed E-state index contributed by atoms with van der Waals surface area (Å²) < 4.78 is 9.79. The molecule has 9 nitrogen and oxygen atoms in total. The fourth-order valence-electron chi connectivity index (χ4n) is 1.66. The van der Waals surface area contributed by atoms with Crippen LogP contribution in [0.1, 0.15) is 21.9 Å². The molecular weight excluding hydrogens is 288 g/mol. The Kier molecular flexibility index (Phi) is 3.52. The van der Waals surface area contributed by atoms with Crippen molar-refractivity contribution in [1.29, 1.82) is 0 Å². The number of carbonyl (C=O) groups excluding carboxylic acids is 1. The van der Waals surface area contributed by atoms with Crippen LogP contribution in [0.15, 0.2) is 33.6 Å². The van der Waals surface area contributed by atoms with E-state index in [4.69, 9.17) is 9.05 Å². The van der Waals surface area contributed by atoms with Crippen molar-refractivity contribution in [3.05, 3.63) is 41.6 Å². The summed E-state index contributed by atoms with van der Waals surface area (Å²) in [5.74, 6) is 2.03. The smallest absolute Gasteiger partial charge is 0.260 e. The molecular formula is C13H12N6O3. The van der Waals surface area contributed by atoms with Gasteiger partial charge < -0.3 is 19.7 Å². The van der Waals surface area contributed by atoms with Gasteiger partial charge in [-0.15, -0.1) is 0 Å². The molecule has 3 rings (SSSR count). The van der Waals surface area contributed by atoms with E-state index in [1.54, 1.807) is 26.0 Å². The van der Waals surface area contributed by atoms with Crippen LogP contribution in [0.4, 0.5) is 17.6 Å². The van der Waals surface area contributed by atoms with E-state index in [0.717, 1.165) is 0 Å². The highest BCUT2D eigenvalue weighted by Gasteiger charge is 2.10. The Bertz CT molecular complexity index is 792. The van der Waals surface area contributed by atoms with Crippen LogP contribution < -0.4 is 10.6 Å². The monoisotopic (exact) mass is 300 g/mol. The number of hydrogen-bond acceptors (Lipinski definition) is 8. The Morgan fingerprint density at radius 1 is 1.00 bits per heavy atom. The first kappa shape index (κ1) is 13.7. The summed E-state index contributed by atoms with van der Waals surface area (Å²) in [6.07, 6.45) is 2.79. The van der Waals surface area contributed by atoms with Gasteiger partial charge in [0.15, 0.2) is 11.6 Å². The van der Waals surface area contributed by atoms with E-state index in [2.05, 4.69) is 30.9 Å². The predicted octanol–water partition coefficient (Wildman–Crippen LogP) is 2.07. The number of nitrogens with one attached hydrogen (secondary N) is 2. The van der Waals surface area contributed by atoms with E-state index >= 15 is 0 Å². The summed E-state index contributed by atoms with van der Waals surface area (Å²) >= 11 is 0. The minimum absolute atomic E-state index is 0.294. The van der Waals surface area contributed by atoms with E-state index in [0.29, 0.717) is 34.7 Å². The molecule has 0 bridgehead atoms. The van der Waals surface area contributed by atoms with Gasteiger partial charge >= 0.3 is 0 Å². The third-order valence-electron chi connectivity index (χ3n) is 2.65. The van der Waals surface area contributed by atoms with Crippen LogP contribution in [0.2, 0.25) is 0 Å². The molecule has 0 unspecified atom stereocenters. The van der Waals surface area contributed by atoms with Crippen LogP contribution in [0.3, 0.4) is 0 Å². The third-order valence-corrected chi connectivity index (χ3v) is 2.65. The molecule has 3 aromatic heterocycles. The first-order valence-electron chi connectivity index (χ1n) is 6.37. The lowest BCUT2D eigenvalue weighted by atomic mass is 10.3. The van der Waals surface area contributed by atoms with E-state index in [9.17, 15) is 4.79 Å². The number of anilines is 3. The van der Waals surface area contributed by atoms with Crippen molar-refractivity contribution in [2.45, 2.75) is 13.8 Å². The van der Waals surface area contributed by atoms with E-state index in [1.165, 1.54) is 12.4 Å². The predicted molar refractivity (Wildman–Crippen MR) is 75.7 cm³/mol. The number of nitrogens with zero attached hydrogens (tertiary/aromatic N) is 4. The Hall–Kier alpha value is -3.23. The van der Waals surface area contributed by atoms with Gasteiger partial charge in [0.05, 0.1) is 5.56 Å². The van der Waals surface area contributed by atoms with Gasteiger partial charge in [0.2, 0.25) is 5.95 Å². The molecule has 3 aromatic rings. The summed E-state index contributed by atoms with van der Waals surface area (Å²) in [4.78, 5) is 20.1. The van der Waals surface area contributed by atoms with Crippen molar-refractivity contribution in [3.8, 4) is 0 Å². The molecule has 22 heavy (non-hydrogen) atoms. The average Bonchev–Trinajstić information content (AvgIpc) is 3.08. The lowest BCUT2D eigenvalue weighted by molar-refractivity contribution is 0.102. The zero-order chi connectivity index (χ0) is 15.5. The number of rotatable bonds is 4. The van der Waals surface area contributed by atoms with Gasteiger partial charge in [-0.25, -0.2) is 9.97 Å². The Morgan fingerprint density at radius 3 is 2.14 bits per heavy atom. The van der Waals surface area contributed by atoms with E-state index < -0.39 is 0 Å². The lowest BCUT2D eigenvalue weighted by Crippen LogP contribution is -2.13. The highest BCUT2D eigenvalue weighted by atomic mass is 16.5. The Balaban J connectivity index is 1.66. The van der Waals surface area contributed by atoms with Crippen molar-refractivity contribution in [1.82, 2.24) is 20.3 Å². The summed E-state index contributed by atoms with van der Waals surface area (Å²) in [6.45, 7) is 3.51. The third kappa shape index (κ3) is 3.08. The van der Waals surface area contributed by atoms with Gasteiger partial charge in [0.25, 0.3) is 5.91 Å². The largest absolute Gasteiger partial charge is 0.360 e. The maximum absolute atomic E-state index is 12.0. The minimum atomic E-state index is -0.378. The summed E-state index contributed by atoms with van der Waals surface area (Å²) in [7, 11) is 0. The molecule has 0 saturated heterocycles. The summed E-state index contributed by atoms with van der Waals surface area (Å²) in [6, 6.07) is 3.32. The number of aromatic nitrogens is 4. The van der Waals surface area contributed by atoms with Crippen molar-refractivity contribution in [2.24, 2.45) is 0 Å². The molecule has 3 heterocycles. The number of carbonyl (C=O) groups is 1. The van der Waals surface area contributed by atoms with Crippen LogP contribution in [0.25, 0.3) is 0 Å². The maximum Gasteiger partial charge on any atom is 0.260 e. The maximum atomic E-state index is 12.0. The highest BCUT2D eigenvalue weighted by molar-refractivity contribution is 6.03. The van der Waals surface area contributed by atoms with Crippen molar-refractivity contribution >= 4 is 23.5 Å². The molecule has 0 aliphatic rings. The SMILES string of the molecule is Cc1cc(NC(=O)c2cnc(Nc3cc(C)on3)nc2)no1. The molecule has 0 radical (unpaired) electrons. The van der Waals surface area contributed by atoms with Crippen molar-refractivity contribution in [2.75, 3.05) is 10.6 Å². The Labute approximate surface area is 124 Å². The highest BCUT2D eigenvalue weighted by Crippen LogP contribution is 2.13. The topological polar surface area (TPSA) is 119 Å². The second-order valence-corrected chi connectivity index (χ2v) is 4.52. The van der Waals surface area contributed by atoms with Crippen molar-refractivity contribution in [3.63, 3.8) is 0 Å². The second-order valence-electron chi connectivity index (χ2n) is 4.52. The molecule has 0 fully saturated rings. The zero-order valence-corrected chi connectivity index (χ0v) is 11.8. The second kappa shape index (κ2) is 5.64. The molecule has 9 heteroatoms. The normalized spacial score (nSPS) is 10.5. The first-order chi connectivity index (χ1) is 10.6. The van der Waals surface area contributed by atoms with Crippen LogP contribution >= 0.6 is 0 Å².